The van der Waals surface area contributed by atoms with Gasteiger partial charge in [0.25, 0.3) is 0 Å². The van der Waals surface area contributed by atoms with Crippen LogP contribution in [-0.4, -0.2) is 4.57 Å². The van der Waals surface area contributed by atoms with Gasteiger partial charge in [-0.3, -0.25) is 0 Å². The number of hydrogen-bond acceptors (Lipinski definition) is 2. The maximum absolute atomic E-state index is 6.27. The van der Waals surface area contributed by atoms with E-state index in [-0.39, 0.29) is 0 Å². The Balaban J connectivity index is 1.46. The minimum atomic E-state index is 0.894. The molecule has 0 amide bonds. The van der Waals surface area contributed by atoms with Gasteiger partial charge in [0, 0.05) is 33.2 Å². The Kier molecular flexibility index (Phi) is 4.82. The quantitative estimate of drug-likeness (QED) is 0.240. The van der Waals surface area contributed by atoms with E-state index in [4.69, 9.17) is 4.42 Å². The second-order valence-corrected chi connectivity index (χ2v) is 9.81. The van der Waals surface area contributed by atoms with E-state index in [1.807, 2.05) is 12.1 Å². The minimum absolute atomic E-state index is 0.894. The van der Waals surface area contributed by atoms with E-state index < -0.39 is 0 Å². The highest BCUT2D eigenvalue weighted by atomic mass is 16.3. The molecule has 39 heavy (non-hydrogen) atoms. The minimum Gasteiger partial charge on any atom is -0.456 e. The van der Waals surface area contributed by atoms with Crippen LogP contribution in [0.5, 0.6) is 0 Å². The zero-order valence-electron chi connectivity index (χ0n) is 21.2. The molecule has 2 heterocycles. The maximum Gasteiger partial charge on any atom is 0.137 e. The van der Waals surface area contributed by atoms with Crippen molar-refractivity contribution in [2.24, 2.45) is 0 Å². The summed E-state index contributed by atoms with van der Waals surface area (Å²) in [4.78, 5) is 2.31. The topological polar surface area (TPSA) is 21.3 Å². The second kappa shape index (κ2) is 8.64. The lowest BCUT2D eigenvalue weighted by Crippen LogP contribution is -2.09. The van der Waals surface area contributed by atoms with Crippen molar-refractivity contribution in [1.29, 1.82) is 0 Å². The Morgan fingerprint density at radius 3 is 1.82 bits per heavy atom. The molecular formula is C36H24N2O. The summed E-state index contributed by atoms with van der Waals surface area (Å²) in [5.41, 5.74) is 8.59. The molecule has 0 saturated carbocycles. The zero-order chi connectivity index (χ0) is 25.8. The lowest BCUT2D eigenvalue weighted by Gasteiger charge is -2.25. The second-order valence-electron chi connectivity index (χ2n) is 9.81. The third-order valence-electron chi connectivity index (χ3n) is 7.57. The third kappa shape index (κ3) is 3.37. The molecule has 0 atom stereocenters. The molecule has 0 saturated heterocycles. The van der Waals surface area contributed by atoms with Gasteiger partial charge in [-0.05, 0) is 60.7 Å². The summed E-state index contributed by atoms with van der Waals surface area (Å²) in [5, 5.41) is 4.71. The summed E-state index contributed by atoms with van der Waals surface area (Å²) < 4.78 is 8.67. The number of nitrogens with zero attached hydrogens (tertiary/aromatic N) is 2. The van der Waals surface area contributed by atoms with Crippen LogP contribution in [-0.2, 0) is 0 Å². The van der Waals surface area contributed by atoms with E-state index in [1.165, 1.54) is 16.3 Å². The highest BCUT2D eigenvalue weighted by molar-refractivity contribution is 6.14. The Labute approximate surface area is 225 Å². The first-order chi connectivity index (χ1) is 19.4. The van der Waals surface area contributed by atoms with E-state index in [1.54, 1.807) is 0 Å². The number of aromatic nitrogens is 1. The van der Waals surface area contributed by atoms with E-state index in [9.17, 15) is 0 Å². The number of fused-ring (bicyclic) bond motifs is 6. The van der Waals surface area contributed by atoms with Crippen LogP contribution in [0.2, 0.25) is 0 Å². The molecule has 0 unspecified atom stereocenters. The summed E-state index contributed by atoms with van der Waals surface area (Å²) in [7, 11) is 0. The number of rotatable bonds is 4. The third-order valence-corrected chi connectivity index (χ3v) is 7.57. The molecule has 0 bridgehead atoms. The van der Waals surface area contributed by atoms with Crippen LogP contribution in [0.1, 0.15) is 0 Å². The summed E-state index contributed by atoms with van der Waals surface area (Å²) in [6.45, 7) is 0. The van der Waals surface area contributed by atoms with Crippen molar-refractivity contribution in [1.82, 2.24) is 4.57 Å². The standard InChI is InChI=1S/C36H24N2O/c1-3-12-25(13-4-1)37(26-14-5-2-6-15-26)27-22-23-29-28-16-7-9-18-31(28)38(33(29)24-27)32-19-11-21-35-36(32)30-17-8-10-20-34(30)39-35/h1-24H. The first kappa shape index (κ1) is 21.8. The first-order valence-electron chi connectivity index (χ1n) is 13.2. The van der Waals surface area contributed by atoms with Gasteiger partial charge >= 0.3 is 0 Å². The molecule has 6 aromatic carbocycles. The fraction of sp³-hybridized carbons (Fsp3) is 0. The van der Waals surface area contributed by atoms with Gasteiger partial charge in [0.2, 0.25) is 0 Å². The normalized spacial score (nSPS) is 11.6. The van der Waals surface area contributed by atoms with Crippen molar-refractivity contribution >= 4 is 60.8 Å². The summed E-state index contributed by atoms with van der Waals surface area (Å²) in [6, 6.07) is 51.2. The molecule has 0 fully saturated rings. The largest absolute Gasteiger partial charge is 0.456 e. The molecule has 8 rings (SSSR count). The molecular weight excluding hydrogens is 476 g/mol. The van der Waals surface area contributed by atoms with Gasteiger partial charge in [0.05, 0.1) is 22.1 Å². The molecule has 0 spiro atoms. The van der Waals surface area contributed by atoms with Crippen molar-refractivity contribution in [2.45, 2.75) is 0 Å². The molecule has 3 heteroatoms. The predicted molar refractivity (Wildman–Crippen MR) is 163 cm³/mol. The SMILES string of the molecule is c1ccc(N(c2ccccc2)c2ccc3c4ccccc4n(-c4cccc5oc6ccccc6c45)c3c2)cc1. The van der Waals surface area contributed by atoms with E-state index >= 15 is 0 Å². The fourth-order valence-corrected chi connectivity index (χ4v) is 5.90. The number of para-hydroxylation sites is 4. The van der Waals surface area contributed by atoms with Crippen molar-refractivity contribution < 1.29 is 4.42 Å². The van der Waals surface area contributed by atoms with E-state index in [2.05, 4.69) is 143 Å². The van der Waals surface area contributed by atoms with Gasteiger partial charge in [-0.1, -0.05) is 84.9 Å². The van der Waals surface area contributed by atoms with Gasteiger partial charge in [-0.25, -0.2) is 0 Å². The van der Waals surface area contributed by atoms with Gasteiger partial charge in [-0.15, -0.1) is 0 Å². The fourth-order valence-electron chi connectivity index (χ4n) is 5.90. The number of furan rings is 1. The number of anilines is 3. The van der Waals surface area contributed by atoms with E-state index in [0.29, 0.717) is 0 Å². The Hall–Kier alpha value is -5.28. The van der Waals surface area contributed by atoms with Crippen LogP contribution in [0.15, 0.2) is 150 Å². The Morgan fingerprint density at radius 1 is 0.436 bits per heavy atom. The molecule has 0 radical (unpaired) electrons. The highest BCUT2D eigenvalue weighted by Gasteiger charge is 2.19. The van der Waals surface area contributed by atoms with E-state index in [0.717, 1.165) is 50.2 Å². The number of hydrogen-bond donors (Lipinski definition) is 0. The van der Waals surface area contributed by atoms with Crippen LogP contribution >= 0.6 is 0 Å². The van der Waals surface area contributed by atoms with Crippen molar-refractivity contribution in [3.63, 3.8) is 0 Å². The molecule has 0 aliphatic heterocycles. The number of benzene rings is 6. The van der Waals surface area contributed by atoms with Gasteiger partial charge in [0.15, 0.2) is 0 Å². The van der Waals surface area contributed by atoms with Crippen LogP contribution < -0.4 is 4.90 Å². The first-order valence-corrected chi connectivity index (χ1v) is 13.2. The van der Waals surface area contributed by atoms with Crippen molar-refractivity contribution in [3.8, 4) is 5.69 Å². The highest BCUT2D eigenvalue weighted by Crippen LogP contribution is 2.41. The maximum atomic E-state index is 6.27. The van der Waals surface area contributed by atoms with Crippen LogP contribution in [0.25, 0.3) is 49.4 Å². The van der Waals surface area contributed by atoms with Gasteiger partial charge in [-0.2, -0.15) is 0 Å². The summed E-state index contributed by atoms with van der Waals surface area (Å²) in [5.74, 6) is 0. The van der Waals surface area contributed by atoms with Crippen LogP contribution in [0.4, 0.5) is 17.1 Å². The Bertz CT molecular complexity index is 2080. The average Bonchev–Trinajstić information content (AvgIpc) is 3.54. The Morgan fingerprint density at radius 2 is 1.05 bits per heavy atom. The smallest absolute Gasteiger partial charge is 0.137 e. The van der Waals surface area contributed by atoms with Gasteiger partial charge in [0.1, 0.15) is 11.2 Å². The van der Waals surface area contributed by atoms with Crippen LogP contribution in [0.3, 0.4) is 0 Å². The summed E-state index contributed by atoms with van der Waals surface area (Å²) in [6.07, 6.45) is 0. The molecule has 8 aromatic rings. The van der Waals surface area contributed by atoms with Crippen molar-refractivity contribution in [3.05, 3.63) is 146 Å². The van der Waals surface area contributed by atoms with Crippen molar-refractivity contribution in [2.75, 3.05) is 4.90 Å². The molecule has 0 aliphatic carbocycles. The predicted octanol–water partition coefficient (Wildman–Crippen LogP) is 10.2. The lowest BCUT2D eigenvalue weighted by atomic mass is 10.1. The molecule has 184 valence electrons. The molecule has 2 aromatic heterocycles. The average molecular weight is 501 g/mol. The lowest BCUT2D eigenvalue weighted by molar-refractivity contribution is 0.669. The van der Waals surface area contributed by atoms with Crippen LogP contribution in [0, 0.1) is 0 Å². The summed E-state index contributed by atoms with van der Waals surface area (Å²) >= 11 is 0. The molecule has 3 nitrogen and oxygen atoms in total. The molecule has 0 aliphatic rings. The molecule has 0 N–H and O–H groups in total. The zero-order valence-corrected chi connectivity index (χ0v) is 21.2. The monoisotopic (exact) mass is 500 g/mol. The van der Waals surface area contributed by atoms with Gasteiger partial charge < -0.3 is 13.9 Å².